The van der Waals surface area contributed by atoms with Crippen molar-refractivity contribution in [2.45, 2.75) is 52.4 Å². The minimum atomic E-state index is -0.211. The van der Waals surface area contributed by atoms with E-state index < -0.39 is 0 Å². The van der Waals surface area contributed by atoms with Gasteiger partial charge in [-0.15, -0.1) is 0 Å². The zero-order valence-electron chi connectivity index (χ0n) is 20.6. The summed E-state index contributed by atoms with van der Waals surface area (Å²) in [5, 5.41) is 11.0. The second-order valence-electron chi connectivity index (χ2n) is 9.87. The number of aliphatic hydroxyl groups is 1. The van der Waals surface area contributed by atoms with E-state index in [4.69, 9.17) is 9.84 Å². The Bertz CT molecular complexity index is 929. The Morgan fingerprint density at radius 1 is 0.848 bits per heavy atom. The lowest BCUT2D eigenvalue weighted by molar-refractivity contribution is 0.0944. The second-order valence-corrected chi connectivity index (χ2v) is 9.87. The fourth-order valence-corrected chi connectivity index (χ4v) is 2.95. The molecule has 0 spiro atoms. The zero-order valence-corrected chi connectivity index (χ0v) is 20.6. The van der Waals surface area contributed by atoms with Crippen molar-refractivity contribution in [1.82, 2.24) is 10.3 Å². The van der Waals surface area contributed by atoms with Crippen LogP contribution in [-0.2, 0) is 10.8 Å². The quantitative estimate of drug-likeness (QED) is 0.511. The third-order valence-electron chi connectivity index (χ3n) is 5.00. The first kappa shape index (κ1) is 26.1. The van der Waals surface area contributed by atoms with Crippen molar-refractivity contribution < 1.29 is 14.6 Å². The van der Waals surface area contributed by atoms with Gasteiger partial charge in [0.25, 0.3) is 5.91 Å². The highest BCUT2D eigenvalue weighted by Gasteiger charge is 2.14. The van der Waals surface area contributed by atoms with Crippen LogP contribution in [0.15, 0.2) is 73.1 Å². The predicted molar refractivity (Wildman–Crippen MR) is 134 cm³/mol. The predicted octanol–water partition coefficient (Wildman–Crippen LogP) is 5.88. The van der Waals surface area contributed by atoms with E-state index in [9.17, 15) is 4.79 Å². The molecule has 2 aromatic carbocycles. The largest absolute Gasteiger partial charge is 0.457 e. The number of pyridine rings is 1. The van der Waals surface area contributed by atoms with Crippen LogP contribution in [0.4, 0.5) is 0 Å². The lowest BCUT2D eigenvalue weighted by atomic mass is 9.87. The van der Waals surface area contributed by atoms with E-state index in [1.165, 1.54) is 17.3 Å². The number of hydrogen-bond acceptors (Lipinski definition) is 4. The van der Waals surface area contributed by atoms with Gasteiger partial charge in [-0.3, -0.25) is 9.78 Å². The number of rotatable bonds is 5. The molecule has 0 saturated carbocycles. The Kier molecular flexibility index (Phi) is 9.18. The third-order valence-corrected chi connectivity index (χ3v) is 5.00. The van der Waals surface area contributed by atoms with Crippen molar-refractivity contribution in [3.8, 4) is 11.5 Å². The Balaban J connectivity index is 0.000000273. The maximum atomic E-state index is 11.1. The molecular formula is C28H36N2O3. The lowest BCUT2D eigenvalue weighted by Gasteiger charge is -2.20. The van der Waals surface area contributed by atoms with Gasteiger partial charge in [-0.05, 0) is 58.4 Å². The summed E-state index contributed by atoms with van der Waals surface area (Å²) in [6, 6.07) is 20.1. The van der Waals surface area contributed by atoms with Gasteiger partial charge in [-0.2, -0.15) is 0 Å². The average Bonchev–Trinajstić information content (AvgIpc) is 2.78. The highest BCUT2D eigenvalue weighted by molar-refractivity contribution is 5.93. The van der Waals surface area contributed by atoms with Crippen LogP contribution in [0.25, 0.3) is 0 Å². The number of benzene rings is 2. The molecule has 0 bridgehead atoms. The molecule has 3 rings (SSSR count). The van der Waals surface area contributed by atoms with Crippen LogP contribution in [0.1, 0.15) is 63.0 Å². The van der Waals surface area contributed by atoms with Crippen LogP contribution in [0.3, 0.4) is 0 Å². The molecule has 1 heterocycles. The van der Waals surface area contributed by atoms with Crippen LogP contribution in [0.2, 0.25) is 0 Å². The maximum absolute atomic E-state index is 11.1. The summed E-state index contributed by atoms with van der Waals surface area (Å²) >= 11 is 0. The fraction of sp³-hybridized carbons (Fsp3) is 0.357. The number of nitrogens with zero attached hydrogens (tertiary/aromatic N) is 1. The molecule has 33 heavy (non-hydrogen) atoms. The number of nitrogens with one attached hydrogen (secondary N) is 1. The molecule has 176 valence electrons. The van der Waals surface area contributed by atoms with E-state index in [1.54, 1.807) is 18.3 Å². The second kappa shape index (κ2) is 11.6. The number of amides is 1. The standard InChI is InChI=1S/C20H26O.C8H10N2O2/c1-19(2,3)15-7-11-17(12-8-15)21-18-13-9-16(10-14-18)20(4,5)6;11-5-4-10-8(12)7-2-1-3-9-6-7/h7-14H,1-6H3;1-3,6,11H,4-5H2,(H,10,12). The highest BCUT2D eigenvalue weighted by Crippen LogP contribution is 2.29. The minimum absolute atomic E-state index is 0.0496. The average molecular weight is 449 g/mol. The Hall–Kier alpha value is -3.18. The number of carbonyl (C=O) groups is 1. The molecule has 0 aliphatic carbocycles. The summed E-state index contributed by atoms with van der Waals surface area (Å²) in [6.07, 6.45) is 3.08. The number of carbonyl (C=O) groups excluding carboxylic acids is 1. The van der Waals surface area contributed by atoms with Crippen LogP contribution < -0.4 is 10.1 Å². The summed E-state index contributed by atoms with van der Waals surface area (Å²) in [5.41, 5.74) is 3.49. The molecule has 2 N–H and O–H groups in total. The van der Waals surface area contributed by atoms with E-state index in [0.717, 1.165) is 11.5 Å². The van der Waals surface area contributed by atoms with Crippen molar-refractivity contribution in [1.29, 1.82) is 0 Å². The molecule has 5 nitrogen and oxygen atoms in total. The number of aromatic nitrogens is 1. The topological polar surface area (TPSA) is 71.5 Å². The van der Waals surface area contributed by atoms with Crippen LogP contribution in [0.5, 0.6) is 11.5 Å². The summed E-state index contributed by atoms with van der Waals surface area (Å²) in [5.74, 6) is 1.55. The van der Waals surface area contributed by atoms with Gasteiger partial charge in [0.05, 0.1) is 12.2 Å². The first-order valence-electron chi connectivity index (χ1n) is 11.2. The molecule has 0 unspecified atom stereocenters. The van der Waals surface area contributed by atoms with Gasteiger partial charge in [0.2, 0.25) is 0 Å². The first-order valence-corrected chi connectivity index (χ1v) is 11.2. The normalized spacial score (nSPS) is 11.2. The van der Waals surface area contributed by atoms with E-state index in [-0.39, 0.29) is 29.9 Å². The Labute approximate surface area is 197 Å². The van der Waals surface area contributed by atoms with Gasteiger partial charge in [-0.1, -0.05) is 65.8 Å². The fourth-order valence-electron chi connectivity index (χ4n) is 2.95. The molecule has 0 radical (unpaired) electrons. The van der Waals surface area contributed by atoms with Gasteiger partial charge in [0.15, 0.2) is 0 Å². The molecule has 0 aliphatic heterocycles. The summed E-state index contributed by atoms with van der Waals surface area (Å²) < 4.78 is 5.91. The van der Waals surface area contributed by atoms with Crippen LogP contribution in [-0.4, -0.2) is 29.1 Å². The molecule has 0 saturated heterocycles. The van der Waals surface area contributed by atoms with Gasteiger partial charge in [0.1, 0.15) is 11.5 Å². The lowest BCUT2D eigenvalue weighted by Crippen LogP contribution is -2.26. The van der Waals surface area contributed by atoms with E-state index in [1.807, 2.05) is 24.3 Å². The first-order chi connectivity index (χ1) is 15.5. The zero-order chi connectivity index (χ0) is 24.5. The van der Waals surface area contributed by atoms with Crippen molar-refractivity contribution >= 4 is 5.91 Å². The smallest absolute Gasteiger partial charge is 0.252 e. The van der Waals surface area contributed by atoms with Crippen LogP contribution in [0, 0.1) is 0 Å². The summed E-state index contributed by atoms with van der Waals surface area (Å²) in [7, 11) is 0. The van der Waals surface area contributed by atoms with Crippen molar-refractivity contribution in [2.24, 2.45) is 0 Å². The van der Waals surface area contributed by atoms with E-state index in [2.05, 4.69) is 76.1 Å². The SMILES string of the molecule is CC(C)(C)c1ccc(Oc2ccc(C(C)(C)C)cc2)cc1.O=C(NCCO)c1cccnc1. The summed E-state index contributed by atoms with van der Waals surface area (Å²) in [4.78, 5) is 14.9. The summed E-state index contributed by atoms with van der Waals surface area (Å²) in [6.45, 7) is 13.5. The Morgan fingerprint density at radius 3 is 1.70 bits per heavy atom. The number of hydrogen-bond donors (Lipinski definition) is 2. The molecule has 0 fully saturated rings. The maximum Gasteiger partial charge on any atom is 0.252 e. The van der Waals surface area contributed by atoms with Gasteiger partial charge < -0.3 is 15.2 Å². The van der Waals surface area contributed by atoms with Crippen LogP contribution >= 0.6 is 0 Å². The molecule has 0 aliphatic rings. The number of aliphatic hydroxyl groups excluding tert-OH is 1. The van der Waals surface area contributed by atoms with E-state index in [0.29, 0.717) is 5.56 Å². The minimum Gasteiger partial charge on any atom is -0.457 e. The van der Waals surface area contributed by atoms with Crippen molar-refractivity contribution in [3.05, 3.63) is 89.7 Å². The molecule has 0 atom stereocenters. The van der Waals surface area contributed by atoms with Crippen molar-refractivity contribution in [3.63, 3.8) is 0 Å². The molecule has 1 aromatic heterocycles. The number of ether oxygens (including phenoxy) is 1. The molecular weight excluding hydrogens is 412 g/mol. The van der Waals surface area contributed by atoms with Crippen molar-refractivity contribution in [2.75, 3.05) is 13.2 Å². The molecule has 1 amide bonds. The van der Waals surface area contributed by atoms with E-state index >= 15 is 0 Å². The monoisotopic (exact) mass is 448 g/mol. The molecule has 5 heteroatoms. The highest BCUT2D eigenvalue weighted by atomic mass is 16.5. The Morgan fingerprint density at radius 2 is 1.33 bits per heavy atom. The van der Waals surface area contributed by atoms with Gasteiger partial charge in [-0.25, -0.2) is 0 Å². The van der Waals surface area contributed by atoms with Gasteiger partial charge >= 0.3 is 0 Å². The van der Waals surface area contributed by atoms with Gasteiger partial charge in [0, 0.05) is 18.9 Å². The third kappa shape index (κ3) is 8.70. The molecule has 3 aromatic rings.